The van der Waals surface area contributed by atoms with E-state index in [1.807, 2.05) is 153 Å². The predicted molar refractivity (Wildman–Crippen MR) is 271 cm³/mol. The van der Waals surface area contributed by atoms with Crippen molar-refractivity contribution in [3.8, 4) is 0 Å². The molecule has 396 valence electrons. The minimum atomic E-state index is -1.73. The molecule has 5 aromatic rings. The van der Waals surface area contributed by atoms with Gasteiger partial charge in [-0.2, -0.15) is 0 Å². The number of aliphatic hydroxyl groups is 3. The van der Waals surface area contributed by atoms with Crippen LogP contribution in [0, 0.1) is 6.92 Å². The number of esters is 1. The van der Waals surface area contributed by atoms with E-state index in [4.69, 9.17) is 47.4 Å². The summed E-state index contributed by atoms with van der Waals surface area (Å²) in [4.78, 5) is 21.2. The molecular weight excluding hydrogens is 989 g/mol. The minimum absolute atomic E-state index is 0.0328. The molecule has 0 bridgehead atoms. The maximum absolute atomic E-state index is 14.3. The molecular formula is C54H60N6O14S. The summed E-state index contributed by atoms with van der Waals surface area (Å²) < 4.78 is 64.9. The van der Waals surface area contributed by atoms with Gasteiger partial charge in [0.05, 0.1) is 52.9 Å². The van der Waals surface area contributed by atoms with Crippen LogP contribution in [-0.4, -0.2) is 133 Å². The average Bonchev–Trinajstić information content (AvgIpc) is 3.45. The van der Waals surface area contributed by atoms with Crippen molar-refractivity contribution in [1.29, 1.82) is 0 Å². The van der Waals surface area contributed by atoms with Gasteiger partial charge in [-0.3, -0.25) is 0 Å². The lowest BCUT2D eigenvalue weighted by Crippen LogP contribution is -2.67. The van der Waals surface area contributed by atoms with Gasteiger partial charge in [-0.05, 0) is 52.4 Å². The van der Waals surface area contributed by atoms with E-state index in [0.29, 0.717) is 0 Å². The first kappa shape index (κ1) is 55.3. The zero-order valence-electron chi connectivity index (χ0n) is 41.2. The molecule has 0 aliphatic carbocycles. The summed E-state index contributed by atoms with van der Waals surface area (Å²) in [5.41, 5.74) is 23.0. The maximum atomic E-state index is 14.3. The summed E-state index contributed by atoms with van der Waals surface area (Å²) in [6, 6.07) is 41.9. The fourth-order valence-electron chi connectivity index (χ4n) is 9.09. The second kappa shape index (κ2) is 27.7. The number of benzene rings is 5. The number of rotatable bonds is 23. The molecule has 0 saturated carbocycles. The van der Waals surface area contributed by atoms with E-state index in [9.17, 15) is 31.2 Å². The molecule has 3 N–H and O–H groups in total. The topological polar surface area (TPSA) is 268 Å². The third-order valence-corrected chi connectivity index (χ3v) is 14.1. The Labute approximate surface area is 437 Å². The number of carbonyl (C=O) groups is 1. The van der Waals surface area contributed by atoms with Gasteiger partial charge in [-0.25, -0.2) is 4.79 Å². The van der Waals surface area contributed by atoms with Crippen LogP contribution < -0.4 is 0 Å². The third-order valence-electron chi connectivity index (χ3n) is 12.9. The van der Waals surface area contributed by atoms with Crippen molar-refractivity contribution < 1.29 is 67.5 Å². The van der Waals surface area contributed by atoms with Gasteiger partial charge >= 0.3 is 5.97 Å². The zero-order valence-corrected chi connectivity index (χ0v) is 42.0. The zero-order chi connectivity index (χ0) is 52.5. The molecule has 20 nitrogen and oxygen atoms in total. The summed E-state index contributed by atoms with van der Waals surface area (Å²) in [5, 5.41) is 42.1. The van der Waals surface area contributed by atoms with Crippen LogP contribution in [0.25, 0.3) is 20.9 Å². The highest BCUT2D eigenvalue weighted by atomic mass is 32.2. The van der Waals surface area contributed by atoms with Gasteiger partial charge in [0.25, 0.3) is 0 Å². The molecule has 0 spiro atoms. The molecule has 3 fully saturated rings. The first-order chi connectivity index (χ1) is 36.7. The second-order valence-electron chi connectivity index (χ2n) is 18.0. The maximum Gasteiger partial charge on any atom is 0.337 e. The van der Waals surface area contributed by atoms with Crippen molar-refractivity contribution in [2.45, 2.75) is 129 Å². The van der Waals surface area contributed by atoms with Crippen molar-refractivity contribution in [2.24, 2.45) is 10.2 Å². The summed E-state index contributed by atoms with van der Waals surface area (Å²) in [7, 11) is 1.15. The molecule has 0 amide bonds. The molecule has 5 aromatic carbocycles. The molecule has 3 aliphatic heterocycles. The molecule has 3 aliphatic rings. The Hall–Kier alpha value is -5.94. The molecule has 3 heterocycles. The minimum Gasteiger partial charge on any atom is -0.467 e. The van der Waals surface area contributed by atoms with E-state index in [0.717, 1.165) is 39.8 Å². The number of carbonyl (C=O) groups excluding carboxylic acids is 1. The number of nitrogens with zero attached hydrogens (tertiary/aromatic N) is 6. The van der Waals surface area contributed by atoms with Crippen LogP contribution in [-0.2, 0) is 78.6 Å². The Kier molecular flexibility index (Phi) is 20.4. The van der Waals surface area contributed by atoms with E-state index >= 15 is 0 Å². The predicted octanol–water partition coefficient (Wildman–Crippen LogP) is 7.25. The Bertz CT molecular complexity index is 2630. The summed E-state index contributed by atoms with van der Waals surface area (Å²) in [5.74, 6) is -0.958. The molecule has 0 aromatic heterocycles. The van der Waals surface area contributed by atoms with Crippen LogP contribution >= 0.6 is 11.8 Å². The second-order valence-corrected chi connectivity index (χ2v) is 19.1. The van der Waals surface area contributed by atoms with Gasteiger partial charge in [0.2, 0.25) is 0 Å². The Balaban J connectivity index is 1.17. The number of methoxy groups -OCH3 is 1. The lowest BCUT2D eigenvalue weighted by atomic mass is 9.94. The highest BCUT2D eigenvalue weighted by Gasteiger charge is 2.58. The Morgan fingerprint density at radius 2 is 1.01 bits per heavy atom. The number of aryl methyl sites for hydroxylation is 1. The third kappa shape index (κ3) is 14.3. The average molecular weight is 1050 g/mol. The quantitative estimate of drug-likeness (QED) is 0.0252. The summed E-state index contributed by atoms with van der Waals surface area (Å²) in [6.07, 6.45) is -16.8. The van der Waals surface area contributed by atoms with Crippen molar-refractivity contribution >= 4 is 17.7 Å². The number of aliphatic hydroxyl groups excluding tert-OH is 3. The van der Waals surface area contributed by atoms with Crippen molar-refractivity contribution in [3.63, 3.8) is 0 Å². The van der Waals surface area contributed by atoms with Crippen molar-refractivity contribution in [2.75, 3.05) is 20.3 Å². The van der Waals surface area contributed by atoms with Gasteiger partial charge in [-0.15, -0.1) is 0 Å². The molecule has 3 saturated heterocycles. The van der Waals surface area contributed by atoms with Gasteiger partial charge in [0, 0.05) is 14.7 Å². The van der Waals surface area contributed by atoms with E-state index in [1.54, 1.807) is 0 Å². The number of ether oxygens (including phenoxy) is 10. The van der Waals surface area contributed by atoms with E-state index in [-0.39, 0.29) is 26.4 Å². The molecule has 15 unspecified atom stereocenters. The van der Waals surface area contributed by atoms with Gasteiger partial charge < -0.3 is 62.7 Å². The normalized spacial score (nSPS) is 29.6. The number of azide groups is 2. The highest BCUT2D eigenvalue weighted by Crippen LogP contribution is 2.40. The van der Waals surface area contributed by atoms with Crippen LogP contribution in [0.15, 0.2) is 161 Å². The van der Waals surface area contributed by atoms with Crippen LogP contribution in [0.1, 0.15) is 27.8 Å². The van der Waals surface area contributed by atoms with Gasteiger partial charge in [-0.1, -0.05) is 161 Å². The molecule has 75 heavy (non-hydrogen) atoms. The van der Waals surface area contributed by atoms with Crippen LogP contribution in [0.3, 0.4) is 0 Å². The smallest absolute Gasteiger partial charge is 0.337 e. The lowest BCUT2D eigenvalue weighted by molar-refractivity contribution is -0.366. The standard InChI is InChI=1S/C54H60N6O14S/c1-33-23-25-38(26-24-33)75-54-41(57-59-55)43(63)44(39(27-61)71-54)72-53-50(69-32-37-21-13-6-14-22-37)47(68-31-36-19-11-5-12-20-36)48(49(74-53)51(64)65-2)73-52-42(58-60-56)46(67-30-35-17-9-4-10-18-35)45(40(28-62)70-52)66-29-34-15-7-3-8-16-34/h3-26,39-50,52-54,61-63H,27-32H2,1-2H3. The van der Waals surface area contributed by atoms with E-state index in [1.165, 1.54) is 11.8 Å². The number of hydrogen-bond acceptors (Lipinski definition) is 17. The van der Waals surface area contributed by atoms with E-state index < -0.39 is 110 Å². The van der Waals surface area contributed by atoms with Crippen molar-refractivity contribution in [1.82, 2.24) is 0 Å². The fraction of sp³-hybridized carbons (Fsp3) is 0.426. The Morgan fingerprint density at radius 3 is 1.51 bits per heavy atom. The van der Waals surface area contributed by atoms with Crippen molar-refractivity contribution in [3.05, 3.63) is 194 Å². The van der Waals surface area contributed by atoms with Gasteiger partial charge in [0.15, 0.2) is 18.7 Å². The SMILES string of the molecule is COC(=O)C1OC(OC2C(CO)OC(Sc3ccc(C)cc3)C(N=[N+]=[N-])C2O)C(OCc2ccccc2)C(OCc2ccccc2)C1OC1OC(CO)C(OCc2ccccc2)C(OCc2ccccc2)C1N=[N+]=[N-]. The number of hydrogen-bond donors (Lipinski definition) is 3. The first-order valence-corrected chi connectivity index (χ1v) is 25.3. The monoisotopic (exact) mass is 1050 g/mol. The van der Waals surface area contributed by atoms with E-state index in [2.05, 4.69) is 20.1 Å². The fourth-order valence-corrected chi connectivity index (χ4v) is 10.2. The Morgan fingerprint density at radius 1 is 0.560 bits per heavy atom. The largest absolute Gasteiger partial charge is 0.467 e. The first-order valence-electron chi connectivity index (χ1n) is 24.4. The van der Waals surface area contributed by atoms with Gasteiger partial charge in [0.1, 0.15) is 66.4 Å². The molecule has 8 rings (SSSR count). The molecule has 0 radical (unpaired) electrons. The highest BCUT2D eigenvalue weighted by molar-refractivity contribution is 7.99. The summed E-state index contributed by atoms with van der Waals surface area (Å²) in [6.45, 7) is 0.653. The van der Waals surface area contributed by atoms with Crippen LogP contribution in [0.5, 0.6) is 0 Å². The number of thioether (sulfide) groups is 1. The molecule has 21 heteroatoms. The lowest BCUT2D eigenvalue weighted by Gasteiger charge is -2.50. The molecule has 15 atom stereocenters. The summed E-state index contributed by atoms with van der Waals surface area (Å²) >= 11 is 1.19. The van der Waals surface area contributed by atoms with Crippen LogP contribution in [0.4, 0.5) is 0 Å². The van der Waals surface area contributed by atoms with Crippen LogP contribution in [0.2, 0.25) is 0 Å².